The third kappa shape index (κ3) is 2.32. The van der Waals surface area contributed by atoms with Crippen molar-refractivity contribution >= 4 is 18.7 Å². The van der Waals surface area contributed by atoms with E-state index in [1.54, 1.807) is 4.90 Å². The van der Waals surface area contributed by atoms with Gasteiger partial charge in [-0.05, 0) is 59.6 Å². The minimum atomic E-state index is -0.623. The van der Waals surface area contributed by atoms with E-state index >= 15 is 0 Å². The van der Waals surface area contributed by atoms with Crippen LogP contribution in [0, 0.1) is 13.8 Å². The smallest absolute Gasteiger partial charge is 0.403 e. The zero-order chi connectivity index (χ0) is 18.1. The molecule has 1 fully saturated rings. The standard InChI is InChI=1S/C19H28BNO3/c1-12-9-13(2)15-14(10-12)19(7,16(22)21(15)8)11-20-23-17(3,4)18(5,6)24-20/h9-10H,11H2,1-8H3. The van der Waals surface area contributed by atoms with Crippen LogP contribution in [-0.2, 0) is 19.5 Å². The molecule has 4 nitrogen and oxygen atoms in total. The van der Waals surface area contributed by atoms with E-state index in [2.05, 4.69) is 26.0 Å². The van der Waals surface area contributed by atoms with Crippen LogP contribution < -0.4 is 4.90 Å². The number of carbonyl (C=O) groups is 1. The second-order valence-electron chi connectivity index (χ2n) is 8.56. The molecule has 0 aromatic heterocycles. The molecule has 1 atom stereocenters. The fourth-order valence-electron chi connectivity index (χ4n) is 3.99. The van der Waals surface area contributed by atoms with Gasteiger partial charge in [0.2, 0.25) is 5.91 Å². The molecular weight excluding hydrogens is 301 g/mol. The lowest BCUT2D eigenvalue weighted by atomic mass is 9.65. The van der Waals surface area contributed by atoms with Crippen LogP contribution >= 0.6 is 0 Å². The summed E-state index contributed by atoms with van der Waals surface area (Å²) < 4.78 is 12.3. The lowest BCUT2D eigenvalue weighted by Crippen LogP contribution is -2.41. The number of rotatable bonds is 2. The predicted octanol–water partition coefficient (Wildman–Crippen LogP) is 3.63. The molecule has 3 rings (SSSR count). The van der Waals surface area contributed by atoms with Gasteiger partial charge in [0.25, 0.3) is 0 Å². The van der Waals surface area contributed by atoms with Crippen LogP contribution in [0.3, 0.4) is 0 Å². The minimum Gasteiger partial charge on any atom is -0.403 e. The fraction of sp³-hybridized carbons (Fsp3) is 0.632. The van der Waals surface area contributed by atoms with Gasteiger partial charge in [-0.2, -0.15) is 0 Å². The Labute approximate surface area is 145 Å². The molecule has 0 saturated carbocycles. The first kappa shape index (κ1) is 17.5. The Hall–Kier alpha value is -1.33. The first-order valence-electron chi connectivity index (χ1n) is 8.64. The first-order valence-corrected chi connectivity index (χ1v) is 8.64. The van der Waals surface area contributed by atoms with Crippen molar-refractivity contribution in [2.75, 3.05) is 11.9 Å². The van der Waals surface area contributed by atoms with Crippen LogP contribution in [0.5, 0.6) is 0 Å². The molecule has 0 radical (unpaired) electrons. The monoisotopic (exact) mass is 329 g/mol. The summed E-state index contributed by atoms with van der Waals surface area (Å²) in [7, 11) is 1.48. The number of carbonyl (C=O) groups excluding carboxylic acids is 1. The van der Waals surface area contributed by atoms with E-state index in [1.165, 1.54) is 5.56 Å². The summed E-state index contributed by atoms with van der Waals surface area (Å²) in [4.78, 5) is 14.9. The maximum absolute atomic E-state index is 13.1. The molecule has 0 N–H and O–H groups in total. The maximum atomic E-state index is 13.1. The second-order valence-corrected chi connectivity index (χ2v) is 8.56. The summed E-state index contributed by atoms with van der Waals surface area (Å²) in [6, 6.07) is 4.26. The van der Waals surface area contributed by atoms with E-state index in [9.17, 15) is 4.79 Å². The number of hydrogen-bond donors (Lipinski definition) is 0. The van der Waals surface area contributed by atoms with Crippen LogP contribution in [0.15, 0.2) is 12.1 Å². The normalized spacial score (nSPS) is 27.8. The zero-order valence-corrected chi connectivity index (χ0v) is 16.1. The van der Waals surface area contributed by atoms with Crippen molar-refractivity contribution in [3.63, 3.8) is 0 Å². The molecule has 2 aliphatic heterocycles. The van der Waals surface area contributed by atoms with E-state index in [-0.39, 0.29) is 24.2 Å². The Kier molecular flexibility index (Phi) is 3.71. The Morgan fingerprint density at radius 2 is 1.58 bits per heavy atom. The lowest BCUT2D eigenvalue weighted by Gasteiger charge is -2.32. The molecule has 0 spiro atoms. The van der Waals surface area contributed by atoms with Gasteiger partial charge >= 0.3 is 7.12 Å². The topological polar surface area (TPSA) is 38.8 Å². The van der Waals surface area contributed by atoms with Gasteiger partial charge in [-0.1, -0.05) is 17.7 Å². The number of nitrogens with zero attached hydrogens (tertiary/aromatic N) is 1. The van der Waals surface area contributed by atoms with Gasteiger partial charge in [-0.3, -0.25) is 4.79 Å². The highest BCUT2D eigenvalue weighted by molar-refractivity contribution is 6.47. The molecule has 1 aromatic carbocycles. The fourth-order valence-corrected chi connectivity index (χ4v) is 3.99. The van der Waals surface area contributed by atoms with E-state index in [4.69, 9.17) is 9.31 Å². The average molecular weight is 329 g/mol. The third-order valence-electron chi connectivity index (χ3n) is 6.03. The Balaban J connectivity index is 1.99. The average Bonchev–Trinajstić information content (AvgIpc) is 2.73. The number of fused-ring (bicyclic) bond motifs is 1. The van der Waals surface area contributed by atoms with Crippen molar-refractivity contribution in [3.8, 4) is 0 Å². The molecule has 130 valence electrons. The highest BCUT2D eigenvalue weighted by Crippen LogP contribution is 2.48. The molecule has 1 saturated heterocycles. The first-order chi connectivity index (χ1) is 10.9. The number of benzene rings is 1. The van der Waals surface area contributed by atoms with Gasteiger partial charge in [-0.15, -0.1) is 0 Å². The Morgan fingerprint density at radius 1 is 1.04 bits per heavy atom. The SMILES string of the molecule is Cc1cc(C)c2c(c1)C(C)(CB1OC(C)(C)C(C)(C)O1)C(=O)N2C. The van der Waals surface area contributed by atoms with Crippen LogP contribution in [0.1, 0.15) is 51.3 Å². The molecule has 2 aliphatic rings. The summed E-state index contributed by atoms with van der Waals surface area (Å²) in [6.07, 6.45) is 0.527. The van der Waals surface area contributed by atoms with Gasteiger partial charge in [0, 0.05) is 13.4 Å². The second kappa shape index (κ2) is 5.09. The van der Waals surface area contributed by atoms with Crippen LogP contribution in [-0.4, -0.2) is 31.3 Å². The van der Waals surface area contributed by atoms with Gasteiger partial charge < -0.3 is 14.2 Å². The predicted molar refractivity (Wildman–Crippen MR) is 97.6 cm³/mol. The van der Waals surface area contributed by atoms with Gasteiger partial charge in [0.1, 0.15) is 0 Å². The number of likely N-dealkylation sites (N-methyl/N-ethyl adjacent to an activating group) is 1. The molecule has 5 heteroatoms. The highest BCUT2D eigenvalue weighted by atomic mass is 16.7. The lowest BCUT2D eigenvalue weighted by molar-refractivity contribution is -0.121. The Bertz CT molecular complexity index is 697. The van der Waals surface area contributed by atoms with Crippen molar-refractivity contribution in [3.05, 3.63) is 28.8 Å². The van der Waals surface area contributed by atoms with Gasteiger partial charge in [0.15, 0.2) is 0 Å². The summed E-state index contributed by atoms with van der Waals surface area (Å²) in [6.45, 7) is 14.3. The highest BCUT2D eigenvalue weighted by Gasteiger charge is 2.56. The molecule has 0 bridgehead atoms. The summed E-state index contributed by atoms with van der Waals surface area (Å²) in [5.41, 5.74) is 3.04. The van der Waals surface area contributed by atoms with Crippen LogP contribution in [0.2, 0.25) is 6.32 Å². The molecule has 24 heavy (non-hydrogen) atoms. The number of aryl methyl sites for hydroxylation is 2. The molecular formula is C19H28BNO3. The van der Waals surface area contributed by atoms with E-state index in [1.807, 2.05) is 41.7 Å². The summed E-state index contributed by atoms with van der Waals surface area (Å²) in [5, 5.41) is 0. The molecule has 1 aromatic rings. The van der Waals surface area contributed by atoms with Crippen LogP contribution in [0.4, 0.5) is 5.69 Å². The van der Waals surface area contributed by atoms with E-state index in [0.29, 0.717) is 6.32 Å². The minimum absolute atomic E-state index is 0.112. The molecule has 1 unspecified atom stereocenters. The Morgan fingerprint density at radius 3 is 2.12 bits per heavy atom. The third-order valence-corrected chi connectivity index (χ3v) is 6.03. The largest absolute Gasteiger partial charge is 0.459 e. The maximum Gasteiger partial charge on any atom is 0.459 e. The van der Waals surface area contributed by atoms with Crippen molar-refractivity contribution in [1.82, 2.24) is 0 Å². The summed E-state index contributed by atoms with van der Waals surface area (Å²) >= 11 is 0. The van der Waals surface area contributed by atoms with Crippen molar-refractivity contribution in [2.45, 2.75) is 71.4 Å². The number of amides is 1. The van der Waals surface area contributed by atoms with Crippen LogP contribution in [0.25, 0.3) is 0 Å². The molecule has 1 amide bonds. The molecule has 2 heterocycles. The number of anilines is 1. The van der Waals surface area contributed by atoms with Gasteiger partial charge in [-0.25, -0.2) is 0 Å². The van der Waals surface area contributed by atoms with Crippen molar-refractivity contribution < 1.29 is 14.1 Å². The molecule has 0 aliphatic carbocycles. The van der Waals surface area contributed by atoms with E-state index < -0.39 is 5.41 Å². The van der Waals surface area contributed by atoms with Gasteiger partial charge in [0.05, 0.1) is 22.3 Å². The van der Waals surface area contributed by atoms with Crippen molar-refractivity contribution in [1.29, 1.82) is 0 Å². The number of hydrogen-bond acceptors (Lipinski definition) is 3. The summed E-state index contributed by atoms with van der Waals surface area (Å²) in [5.74, 6) is 0.112. The zero-order valence-electron chi connectivity index (χ0n) is 16.1. The van der Waals surface area contributed by atoms with E-state index in [0.717, 1.165) is 16.8 Å². The quantitative estimate of drug-likeness (QED) is 0.778. The van der Waals surface area contributed by atoms with Crippen molar-refractivity contribution in [2.24, 2.45) is 0 Å².